The van der Waals surface area contributed by atoms with Gasteiger partial charge in [-0.1, -0.05) is 36.4 Å². The van der Waals surface area contributed by atoms with Gasteiger partial charge >= 0.3 is 5.97 Å². The van der Waals surface area contributed by atoms with E-state index in [1.165, 1.54) is 0 Å². The predicted octanol–water partition coefficient (Wildman–Crippen LogP) is 4.52. The Bertz CT molecular complexity index is 909. The van der Waals surface area contributed by atoms with Crippen molar-refractivity contribution in [2.45, 2.75) is 6.54 Å². The van der Waals surface area contributed by atoms with Crippen molar-refractivity contribution < 1.29 is 18.3 Å². The van der Waals surface area contributed by atoms with Gasteiger partial charge in [0, 0.05) is 12.6 Å². The number of methoxy groups -OCH3 is 1. The minimum atomic E-state index is -0.949. The first-order valence-electron chi connectivity index (χ1n) is 7.37. The maximum absolute atomic E-state index is 13.9. The van der Waals surface area contributed by atoms with Crippen LogP contribution in [-0.4, -0.2) is 13.1 Å². The smallest absolute Gasteiger partial charge is 0.340 e. The molecule has 3 nitrogen and oxygen atoms in total. The largest absolute Gasteiger partial charge is 0.465 e. The average molecular weight is 327 g/mol. The normalized spacial score (nSPS) is 10.6. The molecule has 3 aromatic carbocycles. The van der Waals surface area contributed by atoms with E-state index in [2.05, 4.69) is 10.1 Å². The number of rotatable bonds is 4. The highest BCUT2D eigenvalue weighted by Gasteiger charge is 2.16. The second-order valence-electron chi connectivity index (χ2n) is 5.34. The van der Waals surface area contributed by atoms with Gasteiger partial charge in [-0.05, 0) is 28.5 Å². The highest BCUT2D eigenvalue weighted by molar-refractivity contribution is 5.90. The van der Waals surface area contributed by atoms with Crippen molar-refractivity contribution in [1.82, 2.24) is 0 Å². The SMILES string of the molecule is COC(=O)c1cc(NCc2ccc3ccccc3c2)c(F)cc1F. The Kier molecular flexibility index (Phi) is 4.42. The second kappa shape index (κ2) is 6.66. The Morgan fingerprint density at radius 3 is 2.50 bits per heavy atom. The van der Waals surface area contributed by atoms with Crippen LogP contribution in [0, 0.1) is 11.6 Å². The summed E-state index contributed by atoms with van der Waals surface area (Å²) in [6.07, 6.45) is 0. The second-order valence-corrected chi connectivity index (χ2v) is 5.34. The van der Waals surface area contributed by atoms with E-state index >= 15 is 0 Å². The quantitative estimate of drug-likeness (QED) is 0.716. The lowest BCUT2D eigenvalue weighted by atomic mass is 10.1. The Balaban J connectivity index is 1.83. The van der Waals surface area contributed by atoms with Crippen molar-refractivity contribution in [2.24, 2.45) is 0 Å². The molecule has 5 heteroatoms. The molecule has 0 spiro atoms. The van der Waals surface area contributed by atoms with Crippen LogP contribution in [-0.2, 0) is 11.3 Å². The standard InChI is InChI=1S/C19H15F2NO2/c1-24-19(23)15-9-18(17(21)10-16(15)20)22-11-12-6-7-13-4-2-3-5-14(13)8-12/h2-10,22H,11H2,1H3. The molecule has 0 atom stereocenters. The van der Waals surface area contributed by atoms with Gasteiger partial charge in [0.05, 0.1) is 18.4 Å². The fraction of sp³-hybridized carbons (Fsp3) is 0.105. The van der Waals surface area contributed by atoms with Gasteiger partial charge in [0.1, 0.15) is 11.6 Å². The van der Waals surface area contributed by atoms with Crippen LogP contribution in [0.4, 0.5) is 14.5 Å². The van der Waals surface area contributed by atoms with E-state index in [1.807, 2.05) is 42.5 Å². The molecule has 0 radical (unpaired) electrons. The number of halogens is 2. The molecule has 0 aliphatic heterocycles. The summed E-state index contributed by atoms with van der Waals surface area (Å²) in [5.41, 5.74) is 0.682. The molecule has 0 aromatic heterocycles. The van der Waals surface area contributed by atoms with Crippen LogP contribution >= 0.6 is 0 Å². The summed E-state index contributed by atoms with van der Waals surface area (Å²) in [7, 11) is 1.15. The zero-order chi connectivity index (χ0) is 17.1. The number of fused-ring (bicyclic) bond motifs is 1. The van der Waals surface area contributed by atoms with Gasteiger partial charge in [-0.25, -0.2) is 13.6 Å². The minimum Gasteiger partial charge on any atom is -0.465 e. The average Bonchev–Trinajstić information content (AvgIpc) is 2.60. The monoisotopic (exact) mass is 327 g/mol. The predicted molar refractivity (Wildman–Crippen MR) is 89.0 cm³/mol. The number of esters is 1. The van der Waals surface area contributed by atoms with Crippen LogP contribution in [0.5, 0.6) is 0 Å². The molecule has 24 heavy (non-hydrogen) atoms. The summed E-state index contributed by atoms with van der Waals surface area (Å²) in [6.45, 7) is 0.341. The maximum Gasteiger partial charge on any atom is 0.340 e. The van der Waals surface area contributed by atoms with Crippen molar-refractivity contribution in [3.63, 3.8) is 0 Å². The van der Waals surface area contributed by atoms with Crippen molar-refractivity contribution in [1.29, 1.82) is 0 Å². The fourth-order valence-corrected chi connectivity index (χ4v) is 2.50. The lowest BCUT2D eigenvalue weighted by molar-refractivity contribution is 0.0595. The van der Waals surface area contributed by atoms with E-state index in [9.17, 15) is 13.6 Å². The van der Waals surface area contributed by atoms with Gasteiger partial charge in [0.15, 0.2) is 0 Å². The third kappa shape index (κ3) is 3.20. The number of hydrogen-bond acceptors (Lipinski definition) is 3. The molecule has 3 rings (SSSR count). The van der Waals surface area contributed by atoms with E-state index in [4.69, 9.17) is 0 Å². The molecule has 1 N–H and O–H groups in total. The molecule has 0 heterocycles. The summed E-state index contributed by atoms with van der Waals surface area (Å²) in [5.74, 6) is -2.56. The number of hydrogen-bond donors (Lipinski definition) is 1. The summed E-state index contributed by atoms with van der Waals surface area (Å²) < 4.78 is 32.0. The first kappa shape index (κ1) is 15.9. The third-order valence-electron chi connectivity index (χ3n) is 3.76. The molecule has 0 amide bonds. The first-order chi connectivity index (χ1) is 11.6. The highest BCUT2D eigenvalue weighted by atomic mass is 19.1. The number of benzene rings is 3. The van der Waals surface area contributed by atoms with E-state index in [-0.39, 0.29) is 11.3 Å². The molecule has 3 aromatic rings. The van der Waals surface area contributed by atoms with Crippen LogP contribution < -0.4 is 5.32 Å². The Morgan fingerprint density at radius 1 is 1.00 bits per heavy atom. The Morgan fingerprint density at radius 2 is 1.75 bits per heavy atom. The van der Waals surface area contributed by atoms with Gasteiger partial charge in [0.2, 0.25) is 0 Å². The van der Waals surface area contributed by atoms with Crippen molar-refractivity contribution in [2.75, 3.05) is 12.4 Å². The summed E-state index contributed by atoms with van der Waals surface area (Å²) >= 11 is 0. The van der Waals surface area contributed by atoms with Crippen molar-refractivity contribution in [3.05, 3.63) is 77.4 Å². The molecule has 0 aliphatic carbocycles. The van der Waals surface area contributed by atoms with Crippen LogP contribution in [0.25, 0.3) is 10.8 Å². The lowest BCUT2D eigenvalue weighted by Gasteiger charge is -2.11. The summed E-state index contributed by atoms with van der Waals surface area (Å²) in [6, 6.07) is 15.6. The molecule has 0 bridgehead atoms. The van der Waals surface area contributed by atoms with Gasteiger partial charge in [-0.2, -0.15) is 0 Å². The summed E-state index contributed by atoms with van der Waals surface area (Å²) in [5, 5.41) is 5.08. The lowest BCUT2D eigenvalue weighted by Crippen LogP contribution is -2.08. The number of carbonyl (C=O) groups excluding carboxylic acids is 1. The van der Waals surface area contributed by atoms with E-state index < -0.39 is 17.6 Å². The molecular weight excluding hydrogens is 312 g/mol. The first-order valence-corrected chi connectivity index (χ1v) is 7.37. The number of ether oxygens (including phenoxy) is 1. The van der Waals surface area contributed by atoms with Crippen LogP contribution in [0.15, 0.2) is 54.6 Å². The molecule has 122 valence electrons. The van der Waals surface area contributed by atoms with Crippen molar-refractivity contribution in [3.8, 4) is 0 Å². The van der Waals surface area contributed by atoms with Gasteiger partial charge < -0.3 is 10.1 Å². The third-order valence-corrected chi connectivity index (χ3v) is 3.76. The Labute approximate surface area is 137 Å². The molecule has 0 fully saturated rings. The molecular formula is C19H15F2NO2. The molecule has 0 saturated carbocycles. The molecule has 0 saturated heterocycles. The molecule has 0 unspecified atom stereocenters. The highest BCUT2D eigenvalue weighted by Crippen LogP contribution is 2.22. The van der Waals surface area contributed by atoms with E-state index in [0.717, 1.165) is 29.5 Å². The number of carbonyl (C=O) groups is 1. The van der Waals surface area contributed by atoms with Crippen molar-refractivity contribution >= 4 is 22.4 Å². The fourth-order valence-electron chi connectivity index (χ4n) is 2.50. The van der Waals surface area contributed by atoms with Gasteiger partial charge in [-0.3, -0.25) is 0 Å². The topological polar surface area (TPSA) is 38.3 Å². The Hall–Kier alpha value is -2.95. The minimum absolute atomic E-state index is 0.0463. The maximum atomic E-state index is 13.9. The number of anilines is 1. The van der Waals surface area contributed by atoms with E-state index in [0.29, 0.717) is 12.6 Å². The van der Waals surface area contributed by atoms with Crippen LogP contribution in [0.2, 0.25) is 0 Å². The van der Waals surface area contributed by atoms with E-state index in [1.54, 1.807) is 0 Å². The zero-order valence-electron chi connectivity index (χ0n) is 13.0. The van der Waals surface area contributed by atoms with Crippen LogP contribution in [0.3, 0.4) is 0 Å². The zero-order valence-corrected chi connectivity index (χ0v) is 13.0. The van der Waals surface area contributed by atoms with Crippen LogP contribution in [0.1, 0.15) is 15.9 Å². The summed E-state index contributed by atoms with van der Waals surface area (Å²) in [4.78, 5) is 11.5. The number of nitrogens with one attached hydrogen (secondary N) is 1. The molecule has 0 aliphatic rings. The van der Waals surface area contributed by atoms with Gasteiger partial charge in [-0.15, -0.1) is 0 Å². The van der Waals surface area contributed by atoms with Gasteiger partial charge in [0.25, 0.3) is 0 Å².